The molecule has 184 valence electrons. The molecule has 0 fully saturated rings. The Labute approximate surface area is 192 Å². The van der Waals surface area contributed by atoms with E-state index in [9.17, 15) is 19.2 Å². The van der Waals surface area contributed by atoms with Crippen molar-refractivity contribution in [3.8, 4) is 0 Å². The quantitative estimate of drug-likeness (QED) is 0.107. The standard InChI is InChI=1S/C9H18BrN3O2.C9H19N3O3.H2O/c1-6(11)8(14)13-7(2)9(15)12-5-3-4-10;1-6(10)8(14)12-7(2)9(15)11-4-3-5-13;/h6-7H,3-5,11H2,1-2H3,(H,12,15)(H,13,14);6-7,13H,3-5,10H2,1-2H3,(H,11,15)(H,12,14);1H2/t2*6-,7-;/m00./s1. The Morgan fingerprint density at radius 2 is 1.13 bits per heavy atom. The number of nitrogens with two attached hydrogens (primary N) is 2. The van der Waals surface area contributed by atoms with Gasteiger partial charge in [0, 0.05) is 25.0 Å². The van der Waals surface area contributed by atoms with E-state index in [-0.39, 0.29) is 35.7 Å². The number of nitrogens with one attached hydrogen (secondary N) is 4. The zero-order valence-corrected chi connectivity index (χ0v) is 20.3. The van der Waals surface area contributed by atoms with Crippen LogP contribution < -0.4 is 32.7 Å². The summed E-state index contributed by atoms with van der Waals surface area (Å²) in [4.78, 5) is 45.0. The van der Waals surface area contributed by atoms with Gasteiger partial charge in [0.1, 0.15) is 12.1 Å². The highest BCUT2D eigenvalue weighted by molar-refractivity contribution is 9.09. The lowest BCUT2D eigenvalue weighted by molar-refractivity contribution is -0.129. The Kier molecular flexibility index (Phi) is 22.0. The van der Waals surface area contributed by atoms with Crippen LogP contribution in [0.4, 0.5) is 0 Å². The Balaban J connectivity index is -0.000000490. The number of hydrogen-bond acceptors (Lipinski definition) is 7. The molecule has 0 aromatic rings. The fraction of sp³-hybridized carbons (Fsp3) is 0.778. The molecule has 0 aliphatic heterocycles. The summed E-state index contributed by atoms with van der Waals surface area (Å²) >= 11 is 3.26. The van der Waals surface area contributed by atoms with Gasteiger partial charge in [0.25, 0.3) is 0 Å². The number of carbonyl (C=O) groups is 4. The van der Waals surface area contributed by atoms with Crippen molar-refractivity contribution < 1.29 is 29.8 Å². The minimum Gasteiger partial charge on any atom is -0.412 e. The van der Waals surface area contributed by atoms with Gasteiger partial charge in [-0.2, -0.15) is 0 Å². The fourth-order valence-electron chi connectivity index (χ4n) is 1.70. The Hall–Kier alpha value is -1.80. The summed E-state index contributed by atoms with van der Waals surface area (Å²) in [5.41, 5.74) is 10.7. The molecule has 12 nitrogen and oxygen atoms in total. The average Bonchev–Trinajstić information content (AvgIpc) is 2.68. The van der Waals surface area contributed by atoms with Gasteiger partial charge in [-0.1, -0.05) is 15.9 Å². The molecule has 0 aliphatic carbocycles. The molecule has 0 heterocycles. The van der Waals surface area contributed by atoms with Crippen LogP contribution in [0.15, 0.2) is 0 Å². The van der Waals surface area contributed by atoms with Gasteiger partial charge in [-0.25, -0.2) is 0 Å². The third kappa shape index (κ3) is 18.7. The maximum absolute atomic E-state index is 11.4. The van der Waals surface area contributed by atoms with Crippen LogP contribution in [-0.4, -0.2) is 83.4 Å². The summed E-state index contributed by atoms with van der Waals surface area (Å²) in [7, 11) is 0. The zero-order chi connectivity index (χ0) is 23.7. The van der Waals surface area contributed by atoms with Crippen molar-refractivity contribution in [2.75, 3.05) is 25.0 Å². The molecule has 13 heteroatoms. The molecule has 0 unspecified atom stereocenters. The van der Waals surface area contributed by atoms with Crippen LogP contribution in [0.5, 0.6) is 0 Å². The third-order valence-electron chi connectivity index (χ3n) is 3.57. The lowest BCUT2D eigenvalue weighted by atomic mass is 10.2. The zero-order valence-electron chi connectivity index (χ0n) is 18.7. The fourth-order valence-corrected chi connectivity index (χ4v) is 1.98. The number of amides is 4. The number of alkyl halides is 1. The van der Waals surface area contributed by atoms with Crippen LogP contribution in [-0.2, 0) is 19.2 Å². The lowest BCUT2D eigenvalue weighted by Gasteiger charge is -2.15. The Morgan fingerprint density at radius 1 is 0.774 bits per heavy atom. The molecule has 0 spiro atoms. The summed E-state index contributed by atoms with van der Waals surface area (Å²) in [6.45, 7) is 7.35. The summed E-state index contributed by atoms with van der Waals surface area (Å²) in [5.74, 6) is -1.15. The van der Waals surface area contributed by atoms with Crippen LogP contribution in [0, 0.1) is 0 Å². The largest absolute Gasteiger partial charge is 0.412 e. The minimum atomic E-state index is -0.627. The van der Waals surface area contributed by atoms with E-state index in [0.29, 0.717) is 19.5 Å². The summed E-state index contributed by atoms with van der Waals surface area (Å²) in [6.07, 6.45) is 1.36. The van der Waals surface area contributed by atoms with Gasteiger partial charge in [0.2, 0.25) is 23.6 Å². The number of carbonyl (C=O) groups excluding carboxylic acids is 4. The van der Waals surface area contributed by atoms with Crippen LogP contribution in [0.1, 0.15) is 40.5 Å². The van der Waals surface area contributed by atoms with Gasteiger partial charge < -0.3 is 43.3 Å². The maximum atomic E-state index is 11.4. The van der Waals surface area contributed by atoms with E-state index in [2.05, 4.69) is 37.2 Å². The first kappa shape index (κ1) is 33.8. The van der Waals surface area contributed by atoms with E-state index < -0.39 is 24.2 Å². The van der Waals surface area contributed by atoms with E-state index in [4.69, 9.17) is 16.6 Å². The van der Waals surface area contributed by atoms with Crippen molar-refractivity contribution in [2.45, 2.75) is 64.7 Å². The summed E-state index contributed by atoms with van der Waals surface area (Å²) < 4.78 is 0. The number of halogens is 1. The highest BCUT2D eigenvalue weighted by Crippen LogP contribution is 1.88. The molecule has 11 N–H and O–H groups in total. The first-order chi connectivity index (χ1) is 14.0. The van der Waals surface area contributed by atoms with Crippen molar-refractivity contribution in [1.82, 2.24) is 21.3 Å². The SMILES string of the molecule is C[C@H](N)C(=O)N[C@@H](C)C(=O)NCCCBr.C[C@H](N)C(=O)N[C@@H](C)C(=O)NCCCO.O. The average molecular weight is 515 g/mol. The van der Waals surface area contributed by atoms with Gasteiger partial charge in [0.15, 0.2) is 0 Å². The van der Waals surface area contributed by atoms with E-state index in [1.54, 1.807) is 27.7 Å². The van der Waals surface area contributed by atoms with Crippen molar-refractivity contribution >= 4 is 39.6 Å². The second kappa shape index (κ2) is 20.1. The molecule has 0 saturated heterocycles. The van der Waals surface area contributed by atoms with E-state index >= 15 is 0 Å². The second-order valence-corrected chi connectivity index (χ2v) is 7.53. The van der Waals surface area contributed by atoms with Crippen molar-refractivity contribution in [3.05, 3.63) is 0 Å². The van der Waals surface area contributed by atoms with Crippen molar-refractivity contribution in [2.24, 2.45) is 11.5 Å². The van der Waals surface area contributed by atoms with Gasteiger partial charge in [-0.05, 0) is 40.5 Å². The van der Waals surface area contributed by atoms with E-state index in [0.717, 1.165) is 11.8 Å². The smallest absolute Gasteiger partial charge is 0.242 e. The molecular weight excluding hydrogens is 476 g/mol. The molecule has 0 radical (unpaired) electrons. The van der Waals surface area contributed by atoms with Crippen LogP contribution in [0.25, 0.3) is 0 Å². The molecule has 0 aromatic heterocycles. The molecule has 31 heavy (non-hydrogen) atoms. The van der Waals surface area contributed by atoms with Crippen LogP contribution >= 0.6 is 15.9 Å². The first-order valence-electron chi connectivity index (χ1n) is 9.82. The van der Waals surface area contributed by atoms with Crippen LogP contribution in [0.3, 0.4) is 0 Å². The van der Waals surface area contributed by atoms with E-state index in [1.165, 1.54) is 0 Å². The molecular formula is C18H39BrN6O6. The highest BCUT2D eigenvalue weighted by Gasteiger charge is 2.17. The second-order valence-electron chi connectivity index (χ2n) is 6.74. The van der Waals surface area contributed by atoms with Gasteiger partial charge in [-0.15, -0.1) is 0 Å². The lowest BCUT2D eigenvalue weighted by Crippen LogP contribution is -2.49. The van der Waals surface area contributed by atoms with Gasteiger partial charge in [0.05, 0.1) is 12.1 Å². The molecule has 4 amide bonds. The molecule has 0 rings (SSSR count). The predicted octanol–water partition coefficient (Wildman–Crippen LogP) is -2.75. The summed E-state index contributed by atoms with van der Waals surface area (Å²) in [6, 6.07) is -2.37. The predicted molar refractivity (Wildman–Crippen MR) is 122 cm³/mol. The normalized spacial score (nSPS) is 13.7. The third-order valence-corrected chi connectivity index (χ3v) is 4.14. The highest BCUT2D eigenvalue weighted by atomic mass is 79.9. The Morgan fingerprint density at radius 3 is 1.42 bits per heavy atom. The van der Waals surface area contributed by atoms with Crippen LogP contribution in [0.2, 0.25) is 0 Å². The van der Waals surface area contributed by atoms with Crippen molar-refractivity contribution in [1.29, 1.82) is 0 Å². The molecule has 0 aromatic carbocycles. The molecule has 0 aliphatic rings. The Bertz CT molecular complexity index is 490. The topological polar surface area (TPSA) is 220 Å². The van der Waals surface area contributed by atoms with Gasteiger partial charge >= 0.3 is 0 Å². The van der Waals surface area contributed by atoms with Gasteiger partial charge in [-0.3, -0.25) is 19.2 Å². The number of rotatable bonds is 12. The number of hydrogen-bond donors (Lipinski definition) is 7. The molecule has 0 bridgehead atoms. The monoisotopic (exact) mass is 514 g/mol. The molecule has 0 saturated carbocycles. The minimum absolute atomic E-state index is 0. The van der Waals surface area contributed by atoms with E-state index in [1.807, 2.05) is 0 Å². The van der Waals surface area contributed by atoms with Crippen molar-refractivity contribution in [3.63, 3.8) is 0 Å². The first-order valence-corrected chi connectivity index (χ1v) is 10.9. The number of aliphatic hydroxyl groups is 1. The summed E-state index contributed by atoms with van der Waals surface area (Å²) in [5, 5.41) is 19.6. The molecule has 4 atom stereocenters. The number of aliphatic hydroxyl groups excluding tert-OH is 1. The maximum Gasteiger partial charge on any atom is 0.242 e.